The lowest BCUT2D eigenvalue weighted by Gasteiger charge is -2.32. The number of hydrogen-bond acceptors (Lipinski definition) is 1. The molecule has 3 heteroatoms. The number of halogens is 2. The van der Waals surface area contributed by atoms with Gasteiger partial charge in [-0.2, -0.15) is 0 Å². The molecule has 1 nitrogen and oxygen atoms in total. The number of Topliss-reactive ketones (excluding diaryl/α,β-unsaturated/α-hetero) is 1. The van der Waals surface area contributed by atoms with Crippen LogP contribution in [0.25, 0.3) is 0 Å². The summed E-state index contributed by atoms with van der Waals surface area (Å²) in [5.74, 6) is -0.113. The highest BCUT2D eigenvalue weighted by Gasteiger charge is 2.37. The number of carbonyl (C=O) groups is 1. The third-order valence-corrected chi connectivity index (χ3v) is 3.90. The van der Waals surface area contributed by atoms with Crippen molar-refractivity contribution in [3.8, 4) is 0 Å². The Morgan fingerprint density at radius 1 is 1.33 bits per heavy atom. The minimum atomic E-state index is -0.575. The van der Waals surface area contributed by atoms with Gasteiger partial charge >= 0.3 is 0 Å². The fourth-order valence-corrected chi connectivity index (χ4v) is 3.06. The summed E-state index contributed by atoms with van der Waals surface area (Å²) in [6.45, 7) is 3.72. The monoisotopic (exact) mass is 270 g/mol. The minimum absolute atomic E-state index is 0.182. The smallest absolute Gasteiger partial charge is 0.143 e. The Labute approximate surface area is 96.8 Å². The Hall–Kier alpha value is -0.700. The van der Waals surface area contributed by atoms with Gasteiger partial charge in [0, 0.05) is 11.8 Å². The molecule has 0 amide bonds. The molecule has 0 unspecified atom stereocenters. The highest BCUT2D eigenvalue weighted by Crippen LogP contribution is 2.39. The van der Waals surface area contributed by atoms with E-state index in [0.717, 1.165) is 17.5 Å². The summed E-state index contributed by atoms with van der Waals surface area (Å²) in [5, 5.41) is 0. The Morgan fingerprint density at radius 2 is 2.00 bits per heavy atom. The second kappa shape index (κ2) is 3.41. The fourth-order valence-electron chi connectivity index (χ4n) is 2.17. The Morgan fingerprint density at radius 3 is 2.67 bits per heavy atom. The number of ketones is 1. The van der Waals surface area contributed by atoms with Crippen LogP contribution in [0.15, 0.2) is 16.6 Å². The lowest BCUT2D eigenvalue weighted by Crippen LogP contribution is -2.35. The van der Waals surface area contributed by atoms with Gasteiger partial charge in [-0.25, -0.2) is 4.39 Å². The molecule has 1 aliphatic carbocycles. The molecule has 0 heterocycles. The van der Waals surface area contributed by atoms with E-state index in [2.05, 4.69) is 15.9 Å². The van der Waals surface area contributed by atoms with Crippen LogP contribution in [0.3, 0.4) is 0 Å². The van der Waals surface area contributed by atoms with Crippen molar-refractivity contribution in [2.24, 2.45) is 0 Å². The predicted molar refractivity (Wildman–Crippen MR) is 60.5 cm³/mol. The molecule has 0 radical (unpaired) electrons. The summed E-state index contributed by atoms with van der Waals surface area (Å²) in [4.78, 5) is 11.8. The second-order valence-electron chi connectivity index (χ2n) is 4.44. The molecular formula is C12H12BrFO. The average Bonchev–Trinajstić information content (AvgIpc) is 2.17. The molecule has 0 saturated heterocycles. The highest BCUT2D eigenvalue weighted by atomic mass is 79.9. The van der Waals surface area contributed by atoms with E-state index in [0.29, 0.717) is 10.9 Å². The number of rotatable bonds is 0. The molecule has 15 heavy (non-hydrogen) atoms. The van der Waals surface area contributed by atoms with E-state index in [1.165, 1.54) is 6.07 Å². The van der Waals surface area contributed by atoms with Crippen molar-refractivity contribution >= 4 is 21.7 Å². The number of fused-ring (bicyclic) bond motifs is 1. The molecule has 0 saturated carbocycles. The van der Waals surface area contributed by atoms with E-state index in [1.54, 1.807) is 6.07 Å². The number of carbonyl (C=O) groups excluding carboxylic acids is 1. The van der Waals surface area contributed by atoms with Gasteiger partial charge < -0.3 is 0 Å². The molecule has 0 atom stereocenters. The van der Waals surface area contributed by atoms with Crippen molar-refractivity contribution in [2.75, 3.05) is 0 Å². The normalized spacial score (nSPS) is 18.8. The third-order valence-electron chi connectivity index (χ3n) is 3.12. The van der Waals surface area contributed by atoms with Gasteiger partial charge in [0.2, 0.25) is 0 Å². The first-order valence-electron chi connectivity index (χ1n) is 4.95. The fraction of sp³-hybridized carbons (Fsp3) is 0.417. The van der Waals surface area contributed by atoms with Crippen LogP contribution in [0.2, 0.25) is 0 Å². The van der Waals surface area contributed by atoms with E-state index in [4.69, 9.17) is 0 Å². The van der Waals surface area contributed by atoms with E-state index >= 15 is 0 Å². The number of hydrogen-bond donors (Lipinski definition) is 0. The number of aryl methyl sites for hydroxylation is 1. The molecule has 0 spiro atoms. The summed E-state index contributed by atoms with van der Waals surface area (Å²) in [5.41, 5.74) is 1.32. The summed E-state index contributed by atoms with van der Waals surface area (Å²) in [7, 11) is 0. The first-order valence-corrected chi connectivity index (χ1v) is 5.74. The summed E-state index contributed by atoms with van der Waals surface area (Å²) in [6, 6.07) is 3.23. The van der Waals surface area contributed by atoms with Gasteiger partial charge in [-0.05, 0) is 53.4 Å². The lowest BCUT2D eigenvalue weighted by molar-refractivity contribution is -0.124. The molecule has 0 aromatic heterocycles. The SMILES string of the molecule is CC1(C)C(=O)CCc2ccc(F)c(Br)c21. The molecule has 0 bridgehead atoms. The standard InChI is InChI=1S/C12H12BrFO/c1-12(2)9(15)6-4-7-3-5-8(14)11(13)10(7)12/h3,5H,4,6H2,1-2H3. The Kier molecular flexibility index (Phi) is 2.45. The third kappa shape index (κ3) is 1.53. The van der Waals surface area contributed by atoms with Crippen molar-refractivity contribution in [1.82, 2.24) is 0 Å². The molecular weight excluding hydrogens is 259 g/mol. The second-order valence-corrected chi connectivity index (χ2v) is 5.24. The van der Waals surface area contributed by atoms with Crippen molar-refractivity contribution in [1.29, 1.82) is 0 Å². The lowest BCUT2D eigenvalue weighted by atomic mass is 9.72. The largest absolute Gasteiger partial charge is 0.299 e. The molecule has 0 N–H and O–H groups in total. The summed E-state index contributed by atoms with van der Waals surface area (Å²) < 4.78 is 13.9. The molecule has 1 aromatic rings. The molecule has 1 aliphatic rings. The van der Waals surface area contributed by atoms with Crippen molar-refractivity contribution in [3.05, 3.63) is 33.5 Å². The van der Waals surface area contributed by atoms with Crippen molar-refractivity contribution < 1.29 is 9.18 Å². The van der Waals surface area contributed by atoms with Crippen LogP contribution in [-0.4, -0.2) is 5.78 Å². The highest BCUT2D eigenvalue weighted by molar-refractivity contribution is 9.10. The average molecular weight is 271 g/mol. The zero-order valence-electron chi connectivity index (χ0n) is 8.73. The van der Waals surface area contributed by atoms with Gasteiger partial charge in [0.15, 0.2) is 0 Å². The molecule has 2 rings (SSSR count). The zero-order chi connectivity index (χ0) is 11.2. The first-order chi connectivity index (χ1) is 6.94. The van der Waals surface area contributed by atoms with Gasteiger partial charge in [0.05, 0.1) is 4.47 Å². The molecule has 0 fully saturated rings. The van der Waals surface area contributed by atoms with Crippen LogP contribution in [0, 0.1) is 5.82 Å². The maximum absolute atomic E-state index is 13.4. The van der Waals surface area contributed by atoms with Crippen LogP contribution in [0.5, 0.6) is 0 Å². The van der Waals surface area contributed by atoms with E-state index in [-0.39, 0.29) is 11.6 Å². The number of benzene rings is 1. The first kappa shape index (κ1) is 10.8. The molecule has 0 aliphatic heterocycles. The molecule has 1 aromatic carbocycles. The van der Waals surface area contributed by atoms with Gasteiger partial charge in [-0.3, -0.25) is 4.79 Å². The van der Waals surface area contributed by atoms with E-state index < -0.39 is 5.41 Å². The van der Waals surface area contributed by atoms with Crippen LogP contribution in [0.1, 0.15) is 31.4 Å². The maximum Gasteiger partial charge on any atom is 0.143 e. The summed E-state index contributed by atoms with van der Waals surface area (Å²) in [6.07, 6.45) is 1.27. The van der Waals surface area contributed by atoms with Gasteiger partial charge in [0.1, 0.15) is 11.6 Å². The van der Waals surface area contributed by atoms with E-state index in [1.807, 2.05) is 13.8 Å². The van der Waals surface area contributed by atoms with Crippen LogP contribution < -0.4 is 0 Å². The quantitative estimate of drug-likeness (QED) is 0.707. The van der Waals surface area contributed by atoms with Crippen LogP contribution in [-0.2, 0) is 16.6 Å². The maximum atomic E-state index is 13.4. The predicted octanol–water partition coefficient (Wildman–Crippen LogP) is 3.38. The molecule has 80 valence electrons. The van der Waals surface area contributed by atoms with Crippen LogP contribution in [0.4, 0.5) is 4.39 Å². The topological polar surface area (TPSA) is 17.1 Å². The van der Waals surface area contributed by atoms with E-state index in [9.17, 15) is 9.18 Å². The Balaban J connectivity index is 2.72. The summed E-state index contributed by atoms with van der Waals surface area (Å²) >= 11 is 3.24. The van der Waals surface area contributed by atoms with Gasteiger partial charge in [0.25, 0.3) is 0 Å². The zero-order valence-corrected chi connectivity index (χ0v) is 10.3. The van der Waals surface area contributed by atoms with Gasteiger partial charge in [-0.15, -0.1) is 0 Å². The van der Waals surface area contributed by atoms with Crippen molar-refractivity contribution in [3.63, 3.8) is 0 Å². The Bertz CT molecular complexity index is 437. The minimum Gasteiger partial charge on any atom is -0.299 e. The van der Waals surface area contributed by atoms with Crippen LogP contribution >= 0.6 is 15.9 Å². The van der Waals surface area contributed by atoms with Gasteiger partial charge in [-0.1, -0.05) is 6.07 Å². The van der Waals surface area contributed by atoms with Crippen molar-refractivity contribution in [2.45, 2.75) is 32.1 Å².